The van der Waals surface area contributed by atoms with Crippen molar-refractivity contribution in [3.8, 4) is 17.2 Å². The average molecular weight is 487 g/mol. The summed E-state index contributed by atoms with van der Waals surface area (Å²) in [6.45, 7) is 2.24. The summed E-state index contributed by atoms with van der Waals surface area (Å²) in [5, 5.41) is 11.8. The smallest absolute Gasteiger partial charge is 0.872 e. The number of rotatable bonds is 15. The summed E-state index contributed by atoms with van der Waals surface area (Å²) >= 11 is 0. The van der Waals surface area contributed by atoms with E-state index in [0.717, 1.165) is 24.8 Å². The second-order valence-electron chi connectivity index (χ2n) is 8.11. The van der Waals surface area contributed by atoms with Gasteiger partial charge in [0.25, 0.3) is 10.1 Å². The zero-order chi connectivity index (χ0) is 22.5. The summed E-state index contributed by atoms with van der Waals surface area (Å²) in [7, 11) is -4.30. The van der Waals surface area contributed by atoms with Gasteiger partial charge in [0.1, 0.15) is 11.5 Å². The molecule has 172 valence electrons. The van der Waals surface area contributed by atoms with Gasteiger partial charge in [-0.15, -0.1) is 5.75 Å². The SMILES string of the molecule is CCCCCCCCCCCCCc1cc([O-])ccc1Oc1cccc(S(=O)(=O)O)c1.[K+]. The van der Waals surface area contributed by atoms with E-state index in [1.165, 1.54) is 82.1 Å². The number of aryl methyl sites for hydroxylation is 1. The molecule has 1 N–H and O–H groups in total. The van der Waals surface area contributed by atoms with Crippen LogP contribution in [0.5, 0.6) is 17.2 Å². The van der Waals surface area contributed by atoms with E-state index >= 15 is 0 Å². The van der Waals surface area contributed by atoms with E-state index in [1.54, 1.807) is 18.2 Å². The molecule has 0 aromatic heterocycles. The third-order valence-corrected chi connectivity index (χ3v) is 6.26. The Morgan fingerprint density at radius 1 is 0.844 bits per heavy atom. The fraction of sp³-hybridized carbons (Fsp3) is 0.520. The molecule has 2 rings (SSSR count). The van der Waals surface area contributed by atoms with Crippen LogP contribution in [0.1, 0.15) is 83.1 Å². The van der Waals surface area contributed by atoms with Crippen molar-refractivity contribution >= 4 is 10.1 Å². The van der Waals surface area contributed by atoms with Crippen molar-refractivity contribution in [3.05, 3.63) is 48.0 Å². The Hall–Kier alpha value is -0.414. The maximum Gasteiger partial charge on any atom is 1.00 e. The molecular formula is C25H35KO5S. The number of ether oxygens (including phenoxy) is 1. The van der Waals surface area contributed by atoms with Crippen LogP contribution in [0.4, 0.5) is 0 Å². The topological polar surface area (TPSA) is 86.7 Å². The first kappa shape index (κ1) is 29.6. The standard InChI is InChI=1S/C25H36O5S.K/c1-2-3-4-5-6-7-8-9-10-11-12-14-21-19-22(26)17-18-25(21)30-23-15-13-16-24(20-23)31(27,28)29;/h13,15-20,26H,2-12,14H2,1H3,(H,27,28,29);/q;+1/p-1. The van der Waals surface area contributed by atoms with Crippen LogP contribution < -0.4 is 61.2 Å². The Labute approximate surface area is 236 Å². The Bertz CT molecular complexity index is 899. The Morgan fingerprint density at radius 2 is 1.44 bits per heavy atom. The molecule has 32 heavy (non-hydrogen) atoms. The summed E-state index contributed by atoms with van der Waals surface area (Å²) in [6.07, 6.45) is 14.6. The molecule has 0 saturated heterocycles. The van der Waals surface area contributed by atoms with Crippen LogP contribution >= 0.6 is 0 Å². The predicted molar refractivity (Wildman–Crippen MR) is 122 cm³/mol. The van der Waals surface area contributed by atoms with Gasteiger partial charge in [-0.2, -0.15) is 8.42 Å². The van der Waals surface area contributed by atoms with Crippen LogP contribution in [-0.4, -0.2) is 13.0 Å². The minimum atomic E-state index is -4.30. The van der Waals surface area contributed by atoms with Crippen molar-refractivity contribution in [3.63, 3.8) is 0 Å². The molecule has 0 aliphatic rings. The van der Waals surface area contributed by atoms with Crippen LogP contribution in [0.15, 0.2) is 47.4 Å². The molecule has 7 heteroatoms. The maximum atomic E-state index is 11.8. The summed E-state index contributed by atoms with van der Waals surface area (Å²) in [4.78, 5) is -0.225. The normalized spacial score (nSPS) is 11.2. The number of hydrogen-bond donors (Lipinski definition) is 1. The summed E-state index contributed by atoms with van der Waals surface area (Å²) in [5.74, 6) is 0.769. The molecule has 0 saturated carbocycles. The monoisotopic (exact) mass is 486 g/mol. The average Bonchev–Trinajstić information content (AvgIpc) is 2.73. The molecule has 0 aliphatic carbocycles. The van der Waals surface area contributed by atoms with Crippen LogP contribution in [-0.2, 0) is 16.5 Å². The molecule has 0 heterocycles. The molecule has 5 nitrogen and oxygen atoms in total. The quantitative estimate of drug-likeness (QED) is 0.236. The van der Waals surface area contributed by atoms with E-state index in [2.05, 4.69) is 6.92 Å². The van der Waals surface area contributed by atoms with Crippen molar-refractivity contribution in [2.24, 2.45) is 0 Å². The molecule has 2 aromatic carbocycles. The van der Waals surface area contributed by atoms with E-state index in [9.17, 15) is 18.1 Å². The molecule has 0 amide bonds. The van der Waals surface area contributed by atoms with Crippen molar-refractivity contribution < 1.29 is 74.2 Å². The van der Waals surface area contributed by atoms with Crippen molar-refractivity contribution in [1.29, 1.82) is 0 Å². The maximum absolute atomic E-state index is 11.8. The Morgan fingerprint density at radius 3 is 2.03 bits per heavy atom. The van der Waals surface area contributed by atoms with E-state index < -0.39 is 10.1 Å². The van der Waals surface area contributed by atoms with E-state index in [1.807, 2.05) is 0 Å². The first-order valence-electron chi connectivity index (χ1n) is 11.5. The summed E-state index contributed by atoms with van der Waals surface area (Å²) < 4.78 is 37.7. The van der Waals surface area contributed by atoms with Crippen molar-refractivity contribution in [2.45, 2.75) is 88.9 Å². The second-order valence-corrected chi connectivity index (χ2v) is 9.53. The summed E-state index contributed by atoms with van der Waals surface area (Å²) in [5.41, 5.74) is 0.820. The first-order valence-corrected chi connectivity index (χ1v) is 12.9. The van der Waals surface area contributed by atoms with Gasteiger partial charge in [0, 0.05) is 6.07 Å². The van der Waals surface area contributed by atoms with Gasteiger partial charge in [-0.25, -0.2) is 0 Å². The van der Waals surface area contributed by atoms with Gasteiger partial charge in [0.15, 0.2) is 0 Å². The molecule has 2 aromatic rings. The van der Waals surface area contributed by atoms with Gasteiger partial charge in [-0.3, -0.25) is 4.55 Å². The number of benzene rings is 2. The van der Waals surface area contributed by atoms with E-state index in [-0.39, 0.29) is 62.0 Å². The van der Waals surface area contributed by atoms with Crippen LogP contribution in [0.2, 0.25) is 0 Å². The van der Waals surface area contributed by atoms with E-state index in [4.69, 9.17) is 4.74 Å². The number of unbranched alkanes of at least 4 members (excludes halogenated alkanes) is 10. The zero-order valence-corrected chi connectivity index (χ0v) is 23.5. The fourth-order valence-electron chi connectivity index (χ4n) is 3.66. The van der Waals surface area contributed by atoms with Crippen LogP contribution in [0.3, 0.4) is 0 Å². The molecule has 0 fully saturated rings. The zero-order valence-electron chi connectivity index (χ0n) is 19.5. The van der Waals surface area contributed by atoms with Gasteiger partial charge in [-0.05, 0) is 36.6 Å². The van der Waals surface area contributed by atoms with Gasteiger partial charge in [0.2, 0.25) is 0 Å². The molecule has 0 unspecified atom stereocenters. The molecule has 0 aliphatic heterocycles. The second kappa shape index (κ2) is 16.3. The molecule has 0 bridgehead atoms. The predicted octanol–water partition coefficient (Wildman–Crippen LogP) is 3.66. The minimum Gasteiger partial charge on any atom is -0.872 e. The minimum absolute atomic E-state index is 0. The first-order chi connectivity index (χ1) is 14.9. The van der Waals surface area contributed by atoms with Crippen LogP contribution in [0.25, 0.3) is 0 Å². The van der Waals surface area contributed by atoms with Crippen molar-refractivity contribution in [1.82, 2.24) is 0 Å². The third kappa shape index (κ3) is 11.6. The molecule has 0 atom stereocenters. The van der Waals surface area contributed by atoms with E-state index in [0.29, 0.717) is 11.5 Å². The van der Waals surface area contributed by atoms with Crippen molar-refractivity contribution in [2.75, 3.05) is 0 Å². The molecule has 0 spiro atoms. The van der Waals surface area contributed by atoms with Gasteiger partial charge in [-0.1, -0.05) is 89.3 Å². The largest absolute Gasteiger partial charge is 1.00 e. The van der Waals surface area contributed by atoms with Gasteiger partial charge >= 0.3 is 51.4 Å². The van der Waals surface area contributed by atoms with Gasteiger partial charge < -0.3 is 9.84 Å². The Balaban J connectivity index is 0.00000512. The third-order valence-electron chi connectivity index (χ3n) is 5.41. The van der Waals surface area contributed by atoms with Gasteiger partial charge in [0.05, 0.1) is 4.90 Å². The fourth-order valence-corrected chi connectivity index (χ4v) is 4.17. The van der Waals surface area contributed by atoms with Crippen LogP contribution in [0, 0.1) is 0 Å². The summed E-state index contributed by atoms with van der Waals surface area (Å²) in [6, 6.07) is 10.3. The Kier molecular flexibility index (Phi) is 15.0. The number of hydrogen-bond acceptors (Lipinski definition) is 4. The molecule has 0 radical (unpaired) electrons. The molecular weight excluding hydrogens is 451 g/mol.